The first-order chi connectivity index (χ1) is 12.0. The number of fused-ring (bicyclic) bond motifs is 3. The standard InChI is InChI=1S/C19H26N4O2/c1-21(2)10-11-22(3)13-18(24)23-9-8-15-14-6-4-5-7-16(14)19(25)20-17(15)12-23/h4-7H,8-13H2,1-3H3,(H,20,25). The van der Waals surface area contributed by atoms with Crippen LogP contribution >= 0.6 is 0 Å². The molecule has 1 amide bonds. The third-order valence-electron chi connectivity index (χ3n) is 4.79. The minimum Gasteiger partial charge on any atom is -0.335 e. The normalized spacial score (nSPS) is 14.4. The number of nitrogens with one attached hydrogen (secondary N) is 1. The maximum Gasteiger partial charge on any atom is 0.256 e. The highest BCUT2D eigenvalue weighted by molar-refractivity contribution is 5.86. The van der Waals surface area contributed by atoms with Crippen molar-refractivity contribution in [3.8, 4) is 0 Å². The first kappa shape index (κ1) is 17.6. The SMILES string of the molecule is CN(C)CCN(C)CC(=O)N1CCc2c([nH]c(=O)c3ccccc23)C1. The third-order valence-corrected chi connectivity index (χ3v) is 4.79. The number of likely N-dealkylation sites (N-methyl/N-ethyl adjacent to an activating group) is 2. The van der Waals surface area contributed by atoms with Crippen LogP contribution in [0.4, 0.5) is 0 Å². The van der Waals surface area contributed by atoms with Gasteiger partial charge in [-0.3, -0.25) is 14.5 Å². The number of amides is 1. The van der Waals surface area contributed by atoms with Gasteiger partial charge in [-0.25, -0.2) is 0 Å². The van der Waals surface area contributed by atoms with Gasteiger partial charge >= 0.3 is 0 Å². The Morgan fingerprint density at radius 2 is 1.88 bits per heavy atom. The Morgan fingerprint density at radius 3 is 2.60 bits per heavy atom. The number of nitrogens with zero attached hydrogens (tertiary/aromatic N) is 3. The molecule has 134 valence electrons. The van der Waals surface area contributed by atoms with Gasteiger partial charge in [-0.1, -0.05) is 18.2 Å². The van der Waals surface area contributed by atoms with Crippen LogP contribution in [-0.4, -0.2) is 72.9 Å². The lowest BCUT2D eigenvalue weighted by atomic mass is 9.98. The summed E-state index contributed by atoms with van der Waals surface area (Å²) in [4.78, 5) is 33.8. The van der Waals surface area contributed by atoms with E-state index in [9.17, 15) is 9.59 Å². The first-order valence-electron chi connectivity index (χ1n) is 8.69. The quantitative estimate of drug-likeness (QED) is 0.877. The molecule has 0 unspecified atom stereocenters. The zero-order valence-corrected chi connectivity index (χ0v) is 15.2. The van der Waals surface area contributed by atoms with Crippen LogP contribution in [0, 0.1) is 0 Å². The summed E-state index contributed by atoms with van der Waals surface area (Å²) in [6.07, 6.45) is 0.778. The summed E-state index contributed by atoms with van der Waals surface area (Å²) in [6.45, 7) is 3.36. The fourth-order valence-corrected chi connectivity index (χ4v) is 3.32. The van der Waals surface area contributed by atoms with Gasteiger partial charge in [0, 0.05) is 30.7 Å². The van der Waals surface area contributed by atoms with Gasteiger partial charge in [-0.05, 0) is 44.6 Å². The summed E-state index contributed by atoms with van der Waals surface area (Å²) in [7, 11) is 6.02. The van der Waals surface area contributed by atoms with E-state index in [1.54, 1.807) is 0 Å². The van der Waals surface area contributed by atoms with Gasteiger partial charge in [0.1, 0.15) is 0 Å². The van der Waals surface area contributed by atoms with Crippen molar-refractivity contribution in [1.82, 2.24) is 19.7 Å². The Balaban J connectivity index is 1.73. The molecule has 1 aliphatic rings. The molecule has 0 saturated carbocycles. The second-order valence-corrected chi connectivity index (χ2v) is 7.06. The molecule has 1 aliphatic heterocycles. The molecule has 6 nitrogen and oxygen atoms in total. The highest BCUT2D eigenvalue weighted by Gasteiger charge is 2.24. The van der Waals surface area contributed by atoms with E-state index in [0.717, 1.165) is 36.0 Å². The van der Waals surface area contributed by atoms with Crippen LogP contribution in [0.2, 0.25) is 0 Å². The van der Waals surface area contributed by atoms with Crippen molar-refractivity contribution in [3.05, 3.63) is 45.9 Å². The zero-order chi connectivity index (χ0) is 18.0. The molecule has 0 radical (unpaired) electrons. The molecule has 0 fully saturated rings. The number of H-pyrrole nitrogens is 1. The molecule has 0 saturated heterocycles. The van der Waals surface area contributed by atoms with E-state index in [1.165, 1.54) is 5.56 Å². The van der Waals surface area contributed by atoms with Crippen LogP contribution in [0.25, 0.3) is 10.8 Å². The molecule has 1 N–H and O–H groups in total. The topological polar surface area (TPSA) is 59.6 Å². The number of benzene rings is 1. The number of carbonyl (C=O) groups excluding carboxylic acids is 1. The van der Waals surface area contributed by atoms with E-state index in [0.29, 0.717) is 19.6 Å². The summed E-state index contributed by atoms with van der Waals surface area (Å²) in [5.41, 5.74) is 1.96. The van der Waals surface area contributed by atoms with Crippen LogP contribution in [0.5, 0.6) is 0 Å². The molecule has 1 aromatic carbocycles. The molecule has 2 heterocycles. The molecule has 1 aromatic heterocycles. The van der Waals surface area contributed by atoms with E-state index < -0.39 is 0 Å². The molecule has 2 aromatic rings. The van der Waals surface area contributed by atoms with Crippen molar-refractivity contribution in [2.75, 3.05) is 47.3 Å². The molecule has 0 bridgehead atoms. The monoisotopic (exact) mass is 342 g/mol. The van der Waals surface area contributed by atoms with E-state index in [2.05, 4.69) is 9.88 Å². The third kappa shape index (κ3) is 3.91. The van der Waals surface area contributed by atoms with Gasteiger partial charge < -0.3 is 14.8 Å². The van der Waals surface area contributed by atoms with E-state index in [4.69, 9.17) is 0 Å². The average molecular weight is 342 g/mol. The second kappa shape index (κ2) is 7.37. The van der Waals surface area contributed by atoms with Crippen molar-refractivity contribution in [1.29, 1.82) is 0 Å². The Hall–Kier alpha value is -2.18. The van der Waals surface area contributed by atoms with Crippen LogP contribution < -0.4 is 5.56 Å². The van der Waals surface area contributed by atoms with E-state index in [-0.39, 0.29) is 11.5 Å². The van der Waals surface area contributed by atoms with Crippen molar-refractivity contribution >= 4 is 16.7 Å². The highest BCUT2D eigenvalue weighted by atomic mass is 16.2. The Kier molecular flexibility index (Phi) is 5.20. The molecular formula is C19H26N4O2. The van der Waals surface area contributed by atoms with Crippen molar-refractivity contribution in [2.24, 2.45) is 0 Å². The maximum atomic E-state index is 12.6. The molecule has 0 aliphatic carbocycles. The summed E-state index contributed by atoms with van der Waals surface area (Å²) in [5.74, 6) is 0.112. The predicted molar refractivity (Wildman–Crippen MR) is 99.7 cm³/mol. The Bertz CT molecular complexity index is 828. The Morgan fingerprint density at radius 1 is 1.16 bits per heavy atom. The van der Waals surface area contributed by atoms with Gasteiger partial charge in [0.2, 0.25) is 5.91 Å². The Labute approximate surface area is 148 Å². The average Bonchev–Trinajstić information content (AvgIpc) is 2.59. The van der Waals surface area contributed by atoms with Gasteiger partial charge in [-0.15, -0.1) is 0 Å². The lowest BCUT2D eigenvalue weighted by Crippen LogP contribution is -2.43. The summed E-state index contributed by atoms with van der Waals surface area (Å²) in [5, 5.41) is 1.74. The van der Waals surface area contributed by atoms with Crippen LogP contribution in [0.15, 0.2) is 29.1 Å². The molecule has 25 heavy (non-hydrogen) atoms. The fraction of sp³-hybridized carbons (Fsp3) is 0.474. The minimum atomic E-state index is -0.0771. The van der Waals surface area contributed by atoms with Gasteiger partial charge in [-0.2, -0.15) is 0 Å². The molecule has 0 atom stereocenters. The number of hydrogen-bond acceptors (Lipinski definition) is 4. The van der Waals surface area contributed by atoms with Crippen LogP contribution in [-0.2, 0) is 17.8 Å². The lowest BCUT2D eigenvalue weighted by molar-refractivity contribution is -0.133. The second-order valence-electron chi connectivity index (χ2n) is 7.06. The number of aromatic nitrogens is 1. The number of carbonyl (C=O) groups is 1. The lowest BCUT2D eigenvalue weighted by Gasteiger charge is -2.31. The number of pyridine rings is 1. The van der Waals surface area contributed by atoms with Crippen molar-refractivity contribution < 1.29 is 4.79 Å². The minimum absolute atomic E-state index is 0.0771. The number of hydrogen-bond donors (Lipinski definition) is 1. The summed E-state index contributed by atoms with van der Waals surface area (Å²) < 4.78 is 0. The van der Waals surface area contributed by atoms with Crippen LogP contribution in [0.3, 0.4) is 0 Å². The molecule has 6 heteroatoms. The van der Waals surface area contributed by atoms with Crippen molar-refractivity contribution in [3.63, 3.8) is 0 Å². The smallest absolute Gasteiger partial charge is 0.256 e. The summed E-state index contributed by atoms with van der Waals surface area (Å²) in [6, 6.07) is 7.69. The first-order valence-corrected chi connectivity index (χ1v) is 8.69. The molecule has 3 rings (SSSR count). The van der Waals surface area contributed by atoms with Gasteiger partial charge in [0.25, 0.3) is 5.56 Å². The fourth-order valence-electron chi connectivity index (χ4n) is 3.32. The van der Waals surface area contributed by atoms with Crippen molar-refractivity contribution in [2.45, 2.75) is 13.0 Å². The largest absolute Gasteiger partial charge is 0.335 e. The predicted octanol–water partition coefficient (Wildman–Crippen LogP) is 0.906. The molecule has 0 spiro atoms. The number of rotatable bonds is 5. The van der Waals surface area contributed by atoms with Gasteiger partial charge in [0.15, 0.2) is 0 Å². The highest BCUT2D eigenvalue weighted by Crippen LogP contribution is 2.23. The van der Waals surface area contributed by atoms with E-state index in [1.807, 2.05) is 55.2 Å². The van der Waals surface area contributed by atoms with Crippen LogP contribution in [0.1, 0.15) is 11.3 Å². The zero-order valence-electron chi connectivity index (χ0n) is 15.2. The number of aromatic amines is 1. The summed E-state index contributed by atoms with van der Waals surface area (Å²) >= 11 is 0. The van der Waals surface area contributed by atoms with Gasteiger partial charge in [0.05, 0.1) is 13.1 Å². The maximum absolute atomic E-state index is 12.6. The van der Waals surface area contributed by atoms with E-state index >= 15 is 0 Å². The molecular weight excluding hydrogens is 316 g/mol.